The van der Waals surface area contributed by atoms with E-state index in [4.69, 9.17) is 0 Å². The number of hydrogen-bond acceptors (Lipinski definition) is 3. The van der Waals surface area contributed by atoms with Crippen LogP contribution in [-0.2, 0) is 4.79 Å². The first-order valence-electron chi connectivity index (χ1n) is 7.66. The van der Waals surface area contributed by atoms with Gasteiger partial charge >= 0.3 is 0 Å². The number of halogens is 4. The highest BCUT2D eigenvalue weighted by Gasteiger charge is 2.42. The van der Waals surface area contributed by atoms with Gasteiger partial charge < -0.3 is 10.2 Å². The molecule has 22 heavy (non-hydrogen) atoms. The lowest BCUT2D eigenvalue weighted by molar-refractivity contribution is -0.124. The molecule has 3 aliphatic rings. The maximum Gasteiger partial charge on any atom is 0.262 e. The van der Waals surface area contributed by atoms with E-state index in [2.05, 4.69) is 15.5 Å². The fourth-order valence-corrected chi connectivity index (χ4v) is 3.13. The first-order valence-corrected chi connectivity index (χ1v) is 7.66. The van der Waals surface area contributed by atoms with Crippen LogP contribution < -0.4 is 10.6 Å². The molecule has 1 unspecified atom stereocenters. The Hall–Kier alpha value is -0.170. The lowest BCUT2D eigenvalue weighted by Crippen LogP contribution is -2.49. The van der Waals surface area contributed by atoms with Crippen LogP contribution in [0.2, 0.25) is 0 Å². The summed E-state index contributed by atoms with van der Waals surface area (Å²) < 4.78 is 26.1. The van der Waals surface area contributed by atoms with Crippen LogP contribution in [0.15, 0.2) is 0 Å². The topological polar surface area (TPSA) is 44.4 Å². The van der Waals surface area contributed by atoms with Crippen molar-refractivity contribution in [2.75, 3.05) is 26.2 Å². The Morgan fingerprint density at radius 3 is 2.32 bits per heavy atom. The summed E-state index contributed by atoms with van der Waals surface area (Å²) >= 11 is 0. The van der Waals surface area contributed by atoms with Gasteiger partial charge in [0.05, 0.1) is 12.6 Å². The quantitative estimate of drug-likeness (QED) is 0.804. The lowest BCUT2D eigenvalue weighted by Gasteiger charge is -2.32. The van der Waals surface area contributed by atoms with Crippen molar-refractivity contribution in [2.24, 2.45) is 5.92 Å². The first kappa shape index (κ1) is 19.9. The van der Waals surface area contributed by atoms with Crippen LogP contribution in [0.25, 0.3) is 0 Å². The third-order valence-electron chi connectivity index (χ3n) is 4.57. The smallest absolute Gasteiger partial charge is 0.262 e. The third-order valence-corrected chi connectivity index (χ3v) is 4.57. The molecule has 0 aromatic heterocycles. The van der Waals surface area contributed by atoms with Crippen molar-refractivity contribution >= 4 is 30.7 Å². The Labute approximate surface area is 142 Å². The molecule has 2 N–H and O–H groups in total. The zero-order valence-corrected chi connectivity index (χ0v) is 14.2. The zero-order chi connectivity index (χ0) is 14.2. The Bertz CT molecular complexity index is 375. The molecule has 1 atom stereocenters. The molecular weight excluding hydrogens is 335 g/mol. The second-order valence-corrected chi connectivity index (χ2v) is 6.52. The Balaban J connectivity index is 0.00000121. The molecular formula is C14H25Cl2F2N3O. The molecule has 0 aromatic carbocycles. The van der Waals surface area contributed by atoms with Crippen LogP contribution in [0.5, 0.6) is 0 Å². The molecule has 8 heteroatoms. The summed E-state index contributed by atoms with van der Waals surface area (Å²) in [6.07, 6.45) is 4.21. The van der Waals surface area contributed by atoms with Crippen molar-refractivity contribution in [2.45, 2.75) is 50.1 Å². The van der Waals surface area contributed by atoms with E-state index >= 15 is 0 Å². The van der Waals surface area contributed by atoms with Gasteiger partial charge in [0.2, 0.25) is 5.91 Å². The molecule has 0 bridgehead atoms. The molecule has 1 aliphatic carbocycles. The minimum atomic E-state index is -2.74. The number of carbonyl (C=O) groups excluding carboxylic acids is 1. The van der Waals surface area contributed by atoms with Crippen LogP contribution in [-0.4, -0.2) is 55.0 Å². The van der Waals surface area contributed by atoms with Gasteiger partial charge in [-0.1, -0.05) is 0 Å². The van der Waals surface area contributed by atoms with E-state index < -0.39 is 12.0 Å². The number of nitrogens with one attached hydrogen (secondary N) is 2. The van der Waals surface area contributed by atoms with E-state index in [1.807, 2.05) is 0 Å². The van der Waals surface area contributed by atoms with Gasteiger partial charge in [-0.2, -0.15) is 0 Å². The second kappa shape index (κ2) is 8.08. The number of piperidine rings is 1. The van der Waals surface area contributed by atoms with Crippen LogP contribution in [0, 0.1) is 5.92 Å². The number of likely N-dealkylation sites (tertiary alicyclic amines) is 1. The van der Waals surface area contributed by atoms with Crippen LogP contribution in [0.1, 0.15) is 32.1 Å². The maximum atomic E-state index is 13.1. The second-order valence-electron chi connectivity index (χ2n) is 6.52. The lowest BCUT2D eigenvalue weighted by atomic mass is 10.0. The largest absolute Gasteiger partial charge is 0.352 e. The van der Waals surface area contributed by atoms with Crippen molar-refractivity contribution in [3.63, 3.8) is 0 Å². The summed E-state index contributed by atoms with van der Waals surface area (Å²) in [5.41, 5.74) is 0. The highest BCUT2D eigenvalue weighted by molar-refractivity contribution is 5.85. The maximum absolute atomic E-state index is 13.1. The monoisotopic (exact) mass is 359 g/mol. The number of carbonyl (C=O) groups is 1. The fraction of sp³-hybridized carbons (Fsp3) is 0.929. The summed E-state index contributed by atoms with van der Waals surface area (Å²) in [6, 6.07) is -0.580. The SMILES string of the molecule is Cl.Cl.O=C(NC1CCN(CC2CC2)CC1)C1CC(F)(F)CN1. The number of amides is 1. The summed E-state index contributed by atoms with van der Waals surface area (Å²) in [7, 11) is 0. The van der Waals surface area contributed by atoms with Crippen molar-refractivity contribution in [3.05, 3.63) is 0 Å². The molecule has 0 radical (unpaired) electrons. The van der Waals surface area contributed by atoms with E-state index in [0.29, 0.717) is 0 Å². The Morgan fingerprint density at radius 1 is 1.18 bits per heavy atom. The minimum absolute atomic E-state index is 0. The van der Waals surface area contributed by atoms with Crippen LogP contribution in [0.3, 0.4) is 0 Å². The highest BCUT2D eigenvalue weighted by atomic mass is 35.5. The number of alkyl halides is 2. The molecule has 2 heterocycles. The minimum Gasteiger partial charge on any atom is -0.352 e. The predicted molar refractivity (Wildman–Crippen MR) is 86.2 cm³/mol. The van der Waals surface area contributed by atoms with Crippen LogP contribution in [0.4, 0.5) is 8.78 Å². The molecule has 2 aliphatic heterocycles. The van der Waals surface area contributed by atoms with Gasteiger partial charge in [0.1, 0.15) is 0 Å². The number of rotatable bonds is 4. The van der Waals surface area contributed by atoms with E-state index in [1.54, 1.807) is 0 Å². The molecule has 0 aromatic rings. The third kappa shape index (κ3) is 5.48. The van der Waals surface area contributed by atoms with Crippen molar-refractivity contribution in [3.8, 4) is 0 Å². The molecule has 4 nitrogen and oxygen atoms in total. The van der Waals surface area contributed by atoms with Crippen molar-refractivity contribution in [1.82, 2.24) is 15.5 Å². The standard InChI is InChI=1S/C14H23F2N3O.2ClH/c15-14(16)7-12(17-9-14)13(20)18-11-3-5-19(6-4-11)8-10-1-2-10;;/h10-12,17H,1-9H2,(H,18,20);2*1H. The molecule has 3 rings (SSSR count). The van der Waals surface area contributed by atoms with E-state index in [1.165, 1.54) is 19.4 Å². The molecule has 3 fully saturated rings. The van der Waals surface area contributed by atoms with Crippen molar-refractivity contribution in [1.29, 1.82) is 0 Å². The average Bonchev–Trinajstić information content (AvgIpc) is 3.13. The zero-order valence-electron chi connectivity index (χ0n) is 12.5. The summed E-state index contributed by atoms with van der Waals surface area (Å²) in [6.45, 7) is 2.83. The van der Waals surface area contributed by atoms with Gasteiger partial charge in [-0.3, -0.25) is 10.1 Å². The van der Waals surface area contributed by atoms with Gasteiger partial charge in [0.15, 0.2) is 0 Å². The fourth-order valence-electron chi connectivity index (χ4n) is 3.13. The van der Waals surface area contributed by atoms with Crippen molar-refractivity contribution < 1.29 is 13.6 Å². The van der Waals surface area contributed by atoms with Gasteiger partial charge in [0.25, 0.3) is 5.92 Å². The Kier molecular flexibility index (Phi) is 7.30. The predicted octanol–water partition coefficient (Wildman–Crippen LogP) is 1.82. The summed E-state index contributed by atoms with van der Waals surface area (Å²) in [4.78, 5) is 14.4. The van der Waals surface area contributed by atoms with Gasteiger partial charge in [-0.25, -0.2) is 8.78 Å². The molecule has 2 saturated heterocycles. The van der Waals surface area contributed by atoms with Gasteiger partial charge in [-0.05, 0) is 31.6 Å². The molecule has 0 spiro atoms. The van der Waals surface area contributed by atoms with Crippen LogP contribution >= 0.6 is 24.8 Å². The van der Waals surface area contributed by atoms with Gasteiger partial charge in [-0.15, -0.1) is 24.8 Å². The van der Waals surface area contributed by atoms with E-state index in [9.17, 15) is 13.6 Å². The Morgan fingerprint density at radius 2 is 1.82 bits per heavy atom. The summed E-state index contributed by atoms with van der Waals surface area (Å²) in [5.74, 6) is -2.11. The van der Waals surface area contributed by atoms with E-state index in [0.717, 1.165) is 31.8 Å². The molecule has 130 valence electrons. The van der Waals surface area contributed by atoms with Gasteiger partial charge in [0, 0.05) is 32.1 Å². The van der Waals surface area contributed by atoms with E-state index in [-0.39, 0.29) is 49.7 Å². The average molecular weight is 360 g/mol. The number of nitrogens with zero attached hydrogens (tertiary/aromatic N) is 1. The summed E-state index contributed by atoms with van der Waals surface area (Å²) in [5, 5.41) is 5.53. The normalized spacial score (nSPS) is 28.5. The highest BCUT2D eigenvalue weighted by Crippen LogP contribution is 2.30. The molecule has 1 saturated carbocycles. The molecule has 1 amide bonds. The number of hydrogen-bond donors (Lipinski definition) is 2. The first-order chi connectivity index (χ1) is 9.52.